The van der Waals surface area contributed by atoms with Gasteiger partial charge in [-0.05, 0) is 0 Å². The van der Waals surface area contributed by atoms with Gasteiger partial charge in [-0.25, -0.2) is 0 Å². The SMILES string of the molecule is C1SCSS1.c1cnccn1. The molecule has 11 heavy (non-hydrogen) atoms. The first-order chi connectivity index (χ1) is 5.50. The molecule has 2 nitrogen and oxygen atoms in total. The van der Waals surface area contributed by atoms with E-state index in [9.17, 15) is 0 Å². The third-order valence-corrected chi connectivity index (χ3v) is 5.33. The minimum Gasteiger partial charge on any atom is -0.262 e. The van der Waals surface area contributed by atoms with Crippen molar-refractivity contribution in [1.29, 1.82) is 0 Å². The summed E-state index contributed by atoms with van der Waals surface area (Å²) in [5, 5.41) is 2.59. The van der Waals surface area contributed by atoms with Crippen molar-refractivity contribution in [2.24, 2.45) is 0 Å². The molecule has 0 unspecified atom stereocenters. The number of hydrogen-bond donors (Lipinski definition) is 0. The largest absolute Gasteiger partial charge is 0.262 e. The van der Waals surface area contributed by atoms with E-state index in [-0.39, 0.29) is 0 Å². The highest BCUT2D eigenvalue weighted by Crippen LogP contribution is 2.36. The molecule has 1 aliphatic heterocycles. The molecule has 0 radical (unpaired) electrons. The molecule has 60 valence electrons. The van der Waals surface area contributed by atoms with E-state index >= 15 is 0 Å². The Balaban J connectivity index is 0.000000112. The Morgan fingerprint density at radius 3 is 1.45 bits per heavy atom. The van der Waals surface area contributed by atoms with Crippen LogP contribution < -0.4 is 0 Å². The summed E-state index contributed by atoms with van der Waals surface area (Å²) in [5.74, 6) is 0. The molecule has 2 heterocycles. The molecule has 0 spiro atoms. The van der Waals surface area contributed by atoms with Gasteiger partial charge in [0.25, 0.3) is 0 Å². The maximum atomic E-state index is 3.72. The molecule has 1 aromatic rings. The standard InChI is InChI=1S/C4H4N2.C2H4S3/c1-2-6-4-3-5-1;1-3-2-5-4-1/h1-4H;1-2H2. The third kappa shape index (κ3) is 5.41. The van der Waals surface area contributed by atoms with Crippen LogP contribution in [0.15, 0.2) is 24.8 Å². The molecule has 1 saturated heterocycles. The summed E-state index contributed by atoms with van der Waals surface area (Å²) in [7, 11) is 3.91. The van der Waals surface area contributed by atoms with Gasteiger partial charge in [0.1, 0.15) is 0 Å². The van der Waals surface area contributed by atoms with E-state index in [1.165, 1.54) is 10.2 Å². The normalized spacial score (nSPS) is 15.3. The minimum absolute atomic E-state index is 1.30. The summed E-state index contributed by atoms with van der Waals surface area (Å²) in [6.45, 7) is 0. The van der Waals surface area contributed by atoms with Gasteiger partial charge in [0.15, 0.2) is 0 Å². The average molecular weight is 204 g/mol. The summed E-state index contributed by atoms with van der Waals surface area (Å²) in [6, 6.07) is 0. The highest BCUT2D eigenvalue weighted by atomic mass is 33.1. The molecular formula is C6H8N2S3. The summed E-state index contributed by atoms with van der Waals surface area (Å²) >= 11 is 2.00. The first-order valence-electron chi connectivity index (χ1n) is 3.02. The van der Waals surface area contributed by atoms with Crippen LogP contribution in [0.2, 0.25) is 0 Å². The van der Waals surface area contributed by atoms with E-state index in [0.29, 0.717) is 0 Å². The molecule has 0 bridgehead atoms. The van der Waals surface area contributed by atoms with Crippen LogP contribution in [0.3, 0.4) is 0 Å². The minimum atomic E-state index is 1.30. The first kappa shape index (κ1) is 9.22. The molecule has 1 aliphatic rings. The van der Waals surface area contributed by atoms with E-state index in [2.05, 4.69) is 9.97 Å². The van der Waals surface area contributed by atoms with Gasteiger partial charge in [0, 0.05) is 24.8 Å². The Bertz CT molecular complexity index is 132. The van der Waals surface area contributed by atoms with Crippen LogP contribution >= 0.6 is 33.3 Å². The molecular weight excluding hydrogens is 196 g/mol. The van der Waals surface area contributed by atoms with Gasteiger partial charge in [-0.3, -0.25) is 9.97 Å². The molecule has 1 fully saturated rings. The zero-order valence-electron chi connectivity index (χ0n) is 5.84. The van der Waals surface area contributed by atoms with Crippen molar-refractivity contribution in [2.75, 3.05) is 10.2 Å². The maximum absolute atomic E-state index is 3.72. The molecule has 0 N–H and O–H groups in total. The van der Waals surface area contributed by atoms with Crippen molar-refractivity contribution < 1.29 is 0 Å². The van der Waals surface area contributed by atoms with Gasteiger partial charge in [0.2, 0.25) is 0 Å². The number of aromatic nitrogens is 2. The fourth-order valence-electron chi connectivity index (χ4n) is 0.423. The summed E-state index contributed by atoms with van der Waals surface area (Å²) < 4.78 is 0. The number of nitrogens with zero attached hydrogens (tertiary/aromatic N) is 2. The lowest BCUT2D eigenvalue weighted by atomic mass is 10.8. The van der Waals surface area contributed by atoms with Crippen molar-refractivity contribution in [1.82, 2.24) is 9.97 Å². The smallest absolute Gasteiger partial charge is 0.0505 e. The fraction of sp³-hybridized carbons (Fsp3) is 0.333. The molecule has 0 saturated carbocycles. The molecule has 0 aromatic carbocycles. The van der Waals surface area contributed by atoms with Crippen LogP contribution in [0.4, 0.5) is 0 Å². The van der Waals surface area contributed by atoms with E-state index in [0.717, 1.165) is 0 Å². The second-order valence-corrected chi connectivity index (χ2v) is 5.75. The zero-order valence-corrected chi connectivity index (χ0v) is 8.29. The first-order valence-corrected chi connectivity index (χ1v) is 6.66. The van der Waals surface area contributed by atoms with E-state index in [4.69, 9.17) is 0 Å². The van der Waals surface area contributed by atoms with Gasteiger partial charge in [0.05, 0.1) is 10.2 Å². The quantitative estimate of drug-likeness (QED) is 0.605. The van der Waals surface area contributed by atoms with Crippen LogP contribution in [0, 0.1) is 0 Å². The lowest BCUT2D eigenvalue weighted by molar-refractivity contribution is 1.20. The summed E-state index contributed by atoms with van der Waals surface area (Å²) in [4.78, 5) is 7.44. The molecule has 0 atom stereocenters. The Kier molecular flexibility index (Phi) is 5.71. The molecule has 0 aliphatic carbocycles. The topological polar surface area (TPSA) is 25.8 Å². The predicted octanol–water partition coefficient (Wildman–Crippen LogP) is 2.51. The number of hydrogen-bond acceptors (Lipinski definition) is 5. The summed E-state index contributed by atoms with van der Waals surface area (Å²) in [5.41, 5.74) is 0. The van der Waals surface area contributed by atoms with Crippen LogP contribution in [0.1, 0.15) is 0 Å². The fourth-order valence-corrected chi connectivity index (χ4v) is 4.85. The summed E-state index contributed by atoms with van der Waals surface area (Å²) in [6.07, 6.45) is 6.56. The Morgan fingerprint density at radius 2 is 1.27 bits per heavy atom. The molecule has 2 rings (SSSR count). The highest BCUT2D eigenvalue weighted by molar-refractivity contribution is 8.82. The van der Waals surface area contributed by atoms with E-state index < -0.39 is 0 Å². The number of thioether (sulfide) groups is 1. The zero-order chi connectivity index (χ0) is 7.78. The Labute approximate surface area is 78.4 Å². The second kappa shape index (κ2) is 6.82. The van der Waals surface area contributed by atoms with E-state index in [1.54, 1.807) is 24.8 Å². The van der Waals surface area contributed by atoms with Crippen LogP contribution in [0.5, 0.6) is 0 Å². The highest BCUT2D eigenvalue weighted by Gasteiger charge is 1.96. The van der Waals surface area contributed by atoms with E-state index in [1.807, 2.05) is 33.3 Å². The van der Waals surface area contributed by atoms with Gasteiger partial charge < -0.3 is 0 Å². The third-order valence-electron chi connectivity index (χ3n) is 0.824. The van der Waals surface area contributed by atoms with Gasteiger partial charge in [-0.15, -0.1) is 11.8 Å². The maximum Gasteiger partial charge on any atom is 0.0505 e. The van der Waals surface area contributed by atoms with Crippen LogP contribution in [-0.2, 0) is 0 Å². The average Bonchev–Trinajstić information content (AvgIpc) is 2.64. The number of rotatable bonds is 0. The lowest BCUT2D eigenvalue weighted by Crippen LogP contribution is -1.66. The monoisotopic (exact) mass is 204 g/mol. The second-order valence-electron chi connectivity index (χ2n) is 1.57. The molecule has 5 heteroatoms. The Morgan fingerprint density at radius 1 is 0.818 bits per heavy atom. The van der Waals surface area contributed by atoms with Gasteiger partial charge in [-0.1, -0.05) is 21.6 Å². The van der Waals surface area contributed by atoms with Crippen molar-refractivity contribution in [2.45, 2.75) is 0 Å². The van der Waals surface area contributed by atoms with Crippen molar-refractivity contribution >= 4 is 33.3 Å². The van der Waals surface area contributed by atoms with Crippen LogP contribution in [-0.4, -0.2) is 20.1 Å². The van der Waals surface area contributed by atoms with Gasteiger partial charge >= 0.3 is 0 Å². The Hall–Kier alpha value is 0.130. The predicted molar refractivity (Wildman–Crippen MR) is 54.5 cm³/mol. The van der Waals surface area contributed by atoms with Crippen molar-refractivity contribution in [3.63, 3.8) is 0 Å². The van der Waals surface area contributed by atoms with Crippen LogP contribution in [0.25, 0.3) is 0 Å². The molecule has 1 aromatic heterocycles. The van der Waals surface area contributed by atoms with Gasteiger partial charge in [-0.2, -0.15) is 0 Å². The lowest BCUT2D eigenvalue weighted by Gasteiger charge is -1.70. The molecule has 0 amide bonds. The van der Waals surface area contributed by atoms with Crippen molar-refractivity contribution in [3.8, 4) is 0 Å². The van der Waals surface area contributed by atoms with Crippen molar-refractivity contribution in [3.05, 3.63) is 24.8 Å².